The van der Waals surface area contributed by atoms with E-state index < -0.39 is 0 Å². The van der Waals surface area contributed by atoms with Gasteiger partial charge >= 0.3 is 0 Å². The third-order valence-electron chi connectivity index (χ3n) is 4.09. The second kappa shape index (κ2) is 6.18. The van der Waals surface area contributed by atoms with Gasteiger partial charge in [0.05, 0.1) is 6.10 Å². The van der Waals surface area contributed by atoms with Crippen molar-refractivity contribution in [3.05, 3.63) is 41.8 Å². The topological polar surface area (TPSA) is 62.8 Å². The summed E-state index contributed by atoms with van der Waals surface area (Å²) >= 11 is 6.21. The highest BCUT2D eigenvalue weighted by Gasteiger charge is 2.15. The average Bonchev–Trinajstić information content (AvgIpc) is 3.22. The maximum Gasteiger partial charge on any atom is 0.137 e. The van der Waals surface area contributed by atoms with Crippen molar-refractivity contribution in [3.63, 3.8) is 0 Å². The number of anilines is 1. The van der Waals surface area contributed by atoms with Gasteiger partial charge in [-0.25, -0.2) is 9.97 Å². The van der Waals surface area contributed by atoms with Crippen molar-refractivity contribution < 1.29 is 4.74 Å². The van der Waals surface area contributed by atoms with Gasteiger partial charge in [0.1, 0.15) is 16.6 Å². The molecule has 0 amide bonds. The van der Waals surface area contributed by atoms with Crippen LogP contribution in [0.15, 0.2) is 36.7 Å². The molecule has 0 aromatic carbocycles. The molecule has 1 unspecified atom stereocenters. The lowest BCUT2D eigenvalue weighted by Crippen LogP contribution is -2.18. The van der Waals surface area contributed by atoms with Crippen LogP contribution in [0.3, 0.4) is 0 Å². The Balaban J connectivity index is 1.63. The zero-order chi connectivity index (χ0) is 15.6. The predicted molar refractivity (Wildman–Crippen MR) is 91.8 cm³/mol. The minimum absolute atomic E-state index is 0.261. The number of hydrogen-bond donors (Lipinski definition) is 2. The summed E-state index contributed by atoms with van der Waals surface area (Å²) in [6, 6.07) is 7.85. The third-order valence-corrected chi connectivity index (χ3v) is 4.28. The van der Waals surface area contributed by atoms with Crippen LogP contribution in [-0.2, 0) is 4.74 Å². The molecular weight excluding hydrogens is 312 g/mol. The molecule has 0 radical (unpaired) electrons. The summed E-state index contributed by atoms with van der Waals surface area (Å²) in [6.45, 7) is 1.60. The van der Waals surface area contributed by atoms with Gasteiger partial charge in [0.15, 0.2) is 0 Å². The number of aromatic nitrogens is 3. The molecule has 0 aliphatic carbocycles. The molecular formula is C17H17ClN4O. The Morgan fingerprint density at radius 3 is 3.22 bits per heavy atom. The van der Waals surface area contributed by atoms with Gasteiger partial charge in [0.25, 0.3) is 0 Å². The van der Waals surface area contributed by atoms with Gasteiger partial charge in [-0.2, -0.15) is 0 Å². The van der Waals surface area contributed by atoms with E-state index in [1.165, 1.54) is 0 Å². The Kier molecular flexibility index (Phi) is 3.89. The molecule has 0 saturated carbocycles. The molecule has 3 aromatic rings. The number of hydrogen-bond acceptors (Lipinski definition) is 4. The molecule has 4 heterocycles. The minimum atomic E-state index is 0.261. The highest BCUT2D eigenvalue weighted by Crippen LogP contribution is 2.30. The van der Waals surface area contributed by atoms with Gasteiger partial charge < -0.3 is 15.0 Å². The smallest absolute Gasteiger partial charge is 0.137 e. The maximum atomic E-state index is 6.21. The fourth-order valence-electron chi connectivity index (χ4n) is 2.96. The number of ether oxygens (including phenoxy) is 1. The number of nitrogens with zero attached hydrogens (tertiary/aromatic N) is 2. The summed E-state index contributed by atoms with van der Waals surface area (Å²) in [7, 11) is 0. The molecule has 6 heteroatoms. The fraction of sp³-hybridized carbons (Fsp3) is 0.294. The second-order valence-electron chi connectivity index (χ2n) is 5.68. The fourth-order valence-corrected chi connectivity index (χ4v) is 3.17. The highest BCUT2D eigenvalue weighted by molar-refractivity contribution is 6.29. The lowest BCUT2D eigenvalue weighted by molar-refractivity contribution is 0.120. The van der Waals surface area contributed by atoms with Crippen LogP contribution in [0.5, 0.6) is 0 Å². The predicted octanol–water partition coefficient (Wildman–Crippen LogP) is 3.87. The summed E-state index contributed by atoms with van der Waals surface area (Å²) in [5, 5.41) is 4.87. The van der Waals surface area contributed by atoms with Crippen LogP contribution in [-0.4, -0.2) is 34.2 Å². The van der Waals surface area contributed by atoms with Gasteiger partial charge in [-0.3, -0.25) is 0 Å². The SMILES string of the molecule is Clc1cc(-c2c[nH]c3ncccc23)cc(NCC2CCCO2)n1. The molecule has 5 nitrogen and oxygen atoms in total. The Hall–Kier alpha value is -2.11. The summed E-state index contributed by atoms with van der Waals surface area (Å²) in [5.41, 5.74) is 2.95. The first-order valence-electron chi connectivity index (χ1n) is 7.75. The van der Waals surface area contributed by atoms with Gasteiger partial charge in [0.2, 0.25) is 0 Å². The standard InChI is InChI=1S/C17H17ClN4O/c18-15-7-11(14-10-21-17-13(14)4-1-5-19-17)8-16(22-15)20-9-12-3-2-6-23-12/h1,4-5,7-8,10,12H,2-3,6,9H2,(H,19,21)(H,20,22). The van der Waals surface area contributed by atoms with E-state index in [-0.39, 0.29) is 6.10 Å². The Morgan fingerprint density at radius 1 is 1.39 bits per heavy atom. The minimum Gasteiger partial charge on any atom is -0.376 e. The van der Waals surface area contributed by atoms with Gasteiger partial charge in [-0.05, 0) is 42.7 Å². The Bertz CT molecular complexity index is 826. The summed E-state index contributed by atoms with van der Waals surface area (Å²) in [5.74, 6) is 0.765. The van der Waals surface area contributed by atoms with Crippen molar-refractivity contribution in [2.75, 3.05) is 18.5 Å². The largest absolute Gasteiger partial charge is 0.376 e. The molecule has 1 atom stereocenters. The molecule has 4 rings (SSSR count). The number of aromatic amines is 1. The summed E-state index contributed by atoms with van der Waals surface area (Å²) in [4.78, 5) is 11.9. The Labute approximate surface area is 139 Å². The first-order valence-corrected chi connectivity index (χ1v) is 8.13. The third kappa shape index (κ3) is 3.02. The van der Waals surface area contributed by atoms with Crippen LogP contribution in [0.1, 0.15) is 12.8 Å². The van der Waals surface area contributed by atoms with E-state index in [9.17, 15) is 0 Å². The van der Waals surface area contributed by atoms with E-state index in [1.807, 2.05) is 30.5 Å². The van der Waals surface area contributed by atoms with Crippen molar-refractivity contribution >= 4 is 28.5 Å². The number of fused-ring (bicyclic) bond motifs is 1. The van der Waals surface area contributed by atoms with Crippen LogP contribution < -0.4 is 5.32 Å². The van der Waals surface area contributed by atoms with E-state index in [4.69, 9.17) is 16.3 Å². The molecule has 2 N–H and O–H groups in total. The van der Waals surface area contributed by atoms with Crippen molar-refractivity contribution in [3.8, 4) is 11.1 Å². The van der Waals surface area contributed by atoms with E-state index in [0.717, 1.165) is 54.0 Å². The first-order chi connectivity index (χ1) is 11.3. The Morgan fingerprint density at radius 2 is 2.35 bits per heavy atom. The number of H-pyrrole nitrogens is 1. The molecule has 1 fully saturated rings. The highest BCUT2D eigenvalue weighted by atomic mass is 35.5. The molecule has 23 heavy (non-hydrogen) atoms. The number of halogens is 1. The molecule has 118 valence electrons. The van der Waals surface area contributed by atoms with Crippen molar-refractivity contribution in [1.82, 2.24) is 15.0 Å². The quantitative estimate of drug-likeness (QED) is 0.714. The van der Waals surface area contributed by atoms with Crippen molar-refractivity contribution in [2.24, 2.45) is 0 Å². The van der Waals surface area contributed by atoms with Gasteiger partial charge in [-0.1, -0.05) is 11.6 Å². The van der Waals surface area contributed by atoms with Crippen LogP contribution in [0, 0.1) is 0 Å². The molecule has 1 aliphatic rings. The van der Waals surface area contributed by atoms with Crippen molar-refractivity contribution in [1.29, 1.82) is 0 Å². The zero-order valence-corrected chi connectivity index (χ0v) is 13.3. The molecule has 1 aliphatic heterocycles. The van der Waals surface area contributed by atoms with E-state index in [1.54, 1.807) is 6.20 Å². The first kappa shape index (κ1) is 14.5. The van der Waals surface area contributed by atoms with Crippen LogP contribution in [0.25, 0.3) is 22.2 Å². The zero-order valence-electron chi connectivity index (χ0n) is 12.6. The maximum absolute atomic E-state index is 6.21. The number of nitrogens with one attached hydrogen (secondary N) is 2. The van der Waals surface area contributed by atoms with Crippen LogP contribution in [0.2, 0.25) is 5.15 Å². The van der Waals surface area contributed by atoms with Gasteiger partial charge in [0, 0.05) is 36.5 Å². The summed E-state index contributed by atoms with van der Waals surface area (Å²) in [6.07, 6.45) is 6.21. The molecule has 0 bridgehead atoms. The number of rotatable bonds is 4. The van der Waals surface area contributed by atoms with Gasteiger partial charge in [-0.15, -0.1) is 0 Å². The van der Waals surface area contributed by atoms with E-state index in [0.29, 0.717) is 5.15 Å². The monoisotopic (exact) mass is 328 g/mol. The second-order valence-corrected chi connectivity index (χ2v) is 6.07. The van der Waals surface area contributed by atoms with Crippen LogP contribution in [0.4, 0.5) is 5.82 Å². The van der Waals surface area contributed by atoms with E-state index >= 15 is 0 Å². The van der Waals surface area contributed by atoms with Crippen LogP contribution >= 0.6 is 11.6 Å². The lowest BCUT2D eigenvalue weighted by Gasteiger charge is -2.12. The van der Waals surface area contributed by atoms with Crippen molar-refractivity contribution in [2.45, 2.75) is 18.9 Å². The lowest BCUT2D eigenvalue weighted by atomic mass is 10.1. The van der Waals surface area contributed by atoms with E-state index in [2.05, 4.69) is 20.3 Å². The summed E-state index contributed by atoms with van der Waals surface area (Å²) < 4.78 is 5.63. The molecule has 1 saturated heterocycles. The average molecular weight is 329 g/mol. The molecule has 0 spiro atoms. The molecule has 3 aromatic heterocycles. The number of pyridine rings is 2. The normalized spacial score (nSPS) is 17.7.